The normalized spacial score (nSPS) is 22.0. The maximum Gasteiger partial charge on any atom is 0.227 e. The number of nitrogens with one attached hydrogen (secondary N) is 2. The zero-order valence-electron chi connectivity index (χ0n) is 8.47. The Balaban J connectivity index is 0.000000146. The Kier molecular flexibility index (Phi) is 5.22. The third kappa shape index (κ3) is 4.97. The molecule has 0 aromatic heterocycles. The smallest absolute Gasteiger partial charge is 0.227 e. The molecule has 0 radical (unpaired) electrons. The van der Waals surface area contributed by atoms with Gasteiger partial charge in [-0.05, 0) is 25.9 Å². The van der Waals surface area contributed by atoms with Crippen LogP contribution in [0.1, 0.15) is 32.1 Å². The van der Waals surface area contributed by atoms with E-state index in [0.717, 1.165) is 0 Å². The van der Waals surface area contributed by atoms with E-state index < -0.39 is 0 Å². The van der Waals surface area contributed by atoms with Gasteiger partial charge in [0.25, 0.3) is 0 Å². The van der Waals surface area contributed by atoms with Crippen LogP contribution in [0.5, 0.6) is 0 Å². The summed E-state index contributed by atoms with van der Waals surface area (Å²) in [6.07, 6.45) is 4.80. The molecule has 0 aliphatic carbocycles. The van der Waals surface area contributed by atoms with Crippen LogP contribution in [0.3, 0.4) is 0 Å². The zero-order valence-corrected chi connectivity index (χ0v) is 8.47. The molecule has 2 rings (SSSR count). The molecule has 0 bridgehead atoms. The Morgan fingerprint density at radius 1 is 0.929 bits per heavy atom. The highest BCUT2D eigenvalue weighted by molar-refractivity contribution is 6.00. The lowest BCUT2D eigenvalue weighted by atomic mass is 10.1. The molecule has 0 aromatic carbocycles. The fourth-order valence-corrected chi connectivity index (χ4v) is 1.47. The molecule has 2 aliphatic heterocycles. The molecule has 4 heteroatoms. The summed E-state index contributed by atoms with van der Waals surface area (Å²) in [4.78, 5) is 20.8. The van der Waals surface area contributed by atoms with Gasteiger partial charge < -0.3 is 10.6 Å². The summed E-state index contributed by atoms with van der Waals surface area (Å²) in [6.45, 7) is 3.03. The van der Waals surface area contributed by atoms with E-state index in [1.807, 2.05) is 0 Å². The first-order chi connectivity index (χ1) is 6.79. The van der Waals surface area contributed by atoms with Gasteiger partial charge in [-0.2, -0.15) is 0 Å². The Morgan fingerprint density at radius 3 is 1.93 bits per heavy atom. The predicted molar refractivity (Wildman–Crippen MR) is 54.0 cm³/mol. The van der Waals surface area contributed by atoms with Crippen molar-refractivity contribution in [2.45, 2.75) is 32.1 Å². The van der Waals surface area contributed by atoms with E-state index in [-0.39, 0.29) is 18.1 Å². The van der Waals surface area contributed by atoms with Gasteiger partial charge in [-0.25, -0.2) is 0 Å². The summed E-state index contributed by atoms with van der Waals surface area (Å²) in [5.41, 5.74) is 0. The van der Waals surface area contributed by atoms with Gasteiger partial charge in [-0.15, -0.1) is 0 Å². The highest BCUT2D eigenvalue weighted by atomic mass is 16.2. The molecule has 2 fully saturated rings. The molecule has 0 unspecified atom stereocenters. The van der Waals surface area contributed by atoms with E-state index in [1.165, 1.54) is 32.4 Å². The van der Waals surface area contributed by atoms with Gasteiger partial charge in [0.05, 0.1) is 6.42 Å². The van der Waals surface area contributed by atoms with Gasteiger partial charge in [0.15, 0.2) is 0 Å². The fraction of sp³-hybridized carbons (Fsp3) is 0.800. The molecule has 0 atom stereocenters. The molecule has 2 aliphatic rings. The van der Waals surface area contributed by atoms with Crippen LogP contribution in [-0.2, 0) is 9.59 Å². The second-order valence-corrected chi connectivity index (χ2v) is 3.63. The number of amides is 1. The monoisotopic (exact) mass is 198 g/mol. The first-order valence-electron chi connectivity index (χ1n) is 5.28. The van der Waals surface area contributed by atoms with Gasteiger partial charge in [0, 0.05) is 13.0 Å². The third-order valence-corrected chi connectivity index (χ3v) is 2.29. The molecule has 2 N–H and O–H groups in total. The standard InChI is InChI=1S/C5H7NO2.C5H11N/c7-4-1-2-6-5(8)3-4;1-2-4-6-5-3-1/h1-3H2,(H,6,8);6H,1-5H2. The van der Waals surface area contributed by atoms with Crippen molar-refractivity contribution >= 4 is 11.7 Å². The Hall–Kier alpha value is -0.900. The number of carbonyl (C=O) groups excluding carboxylic acids is 2. The molecule has 14 heavy (non-hydrogen) atoms. The van der Waals surface area contributed by atoms with Crippen molar-refractivity contribution in [3.05, 3.63) is 0 Å². The lowest BCUT2D eigenvalue weighted by molar-refractivity contribution is -0.130. The van der Waals surface area contributed by atoms with Crippen LogP contribution >= 0.6 is 0 Å². The van der Waals surface area contributed by atoms with Crippen LogP contribution in [0.2, 0.25) is 0 Å². The minimum atomic E-state index is -0.138. The van der Waals surface area contributed by atoms with Crippen LogP contribution < -0.4 is 10.6 Å². The number of Topliss-reactive ketones (excluding diaryl/α,β-unsaturated/α-hetero) is 1. The predicted octanol–water partition coefficient (Wildman–Crippen LogP) is 0.225. The number of rotatable bonds is 0. The van der Waals surface area contributed by atoms with E-state index in [0.29, 0.717) is 13.0 Å². The Bertz CT molecular complexity index is 175. The number of hydrogen-bond donors (Lipinski definition) is 2. The molecule has 2 heterocycles. The van der Waals surface area contributed by atoms with Crippen LogP contribution in [0, 0.1) is 0 Å². The van der Waals surface area contributed by atoms with Crippen molar-refractivity contribution in [3.63, 3.8) is 0 Å². The first kappa shape index (κ1) is 11.2. The summed E-state index contributed by atoms with van der Waals surface area (Å²) in [7, 11) is 0. The van der Waals surface area contributed by atoms with Gasteiger partial charge in [-0.3, -0.25) is 9.59 Å². The highest BCUT2D eigenvalue weighted by Gasteiger charge is 2.13. The van der Waals surface area contributed by atoms with E-state index in [2.05, 4.69) is 10.6 Å². The minimum absolute atomic E-state index is 0.0498. The Labute approximate surface area is 84.4 Å². The number of hydrogen-bond acceptors (Lipinski definition) is 3. The van der Waals surface area contributed by atoms with Crippen molar-refractivity contribution in [2.75, 3.05) is 19.6 Å². The van der Waals surface area contributed by atoms with Crippen molar-refractivity contribution in [2.24, 2.45) is 0 Å². The van der Waals surface area contributed by atoms with Gasteiger partial charge in [0.2, 0.25) is 5.91 Å². The van der Waals surface area contributed by atoms with Crippen LogP contribution in [0.15, 0.2) is 0 Å². The van der Waals surface area contributed by atoms with Crippen LogP contribution in [0.25, 0.3) is 0 Å². The van der Waals surface area contributed by atoms with Gasteiger partial charge in [-0.1, -0.05) is 6.42 Å². The zero-order chi connectivity index (χ0) is 10.2. The topological polar surface area (TPSA) is 58.2 Å². The minimum Gasteiger partial charge on any atom is -0.355 e. The SMILES string of the molecule is C1CCNCC1.O=C1CCNC(=O)C1. The van der Waals surface area contributed by atoms with Crippen LogP contribution in [0.4, 0.5) is 0 Å². The van der Waals surface area contributed by atoms with Gasteiger partial charge >= 0.3 is 0 Å². The summed E-state index contributed by atoms with van der Waals surface area (Å²) < 4.78 is 0. The summed E-state index contributed by atoms with van der Waals surface area (Å²) in [6, 6.07) is 0. The number of carbonyl (C=O) groups is 2. The lowest BCUT2D eigenvalue weighted by Crippen LogP contribution is -2.33. The second kappa shape index (κ2) is 6.54. The summed E-state index contributed by atoms with van der Waals surface area (Å²) in [5.74, 6) is -0.0880. The molecule has 80 valence electrons. The molecule has 4 nitrogen and oxygen atoms in total. The van der Waals surface area contributed by atoms with E-state index in [1.54, 1.807) is 0 Å². The highest BCUT2D eigenvalue weighted by Crippen LogP contribution is 1.96. The Morgan fingerprint density at radius 2 is 1.64 bits per heavy atom. The van der Waals surface area contributed by atoms with E-state index in [4.69, 9.17) is 0 Å². The molecule has 2 saturated heterocycles. The molecular weight excluding hydrogens is 180 g/mol. The van der Waals surface area contributed by atoms with Crippen molar-refractivity contribution in [1.29, 1.82) is 0 Å². The molecule has 0 spiro atoms. The van der Waals surface area contributed by atoms with Crippen LogP contribution in [-0.4, -0.2) is 31.3 Å². The summed E-state index contributed by atoms with van der Waals surface area (Å²) in [5, 5.41) is 5.84. The van der Waals surface area contributed by atoms with Gasteiger partial charge in [0.1, 0.15) is 5.78 Å². The number of piperidine rings is 2. The molecule has 0 saturated carbocycles. The largest absolute Gasteiger partial charge is 0.355 e. The van der Waals surface area contributed by atoms with E-state index >= 15 is 0 Å². The fourth-order valence-electron chi connectivity index (χ4n) is 1.47. The van der Waals surface area contributed by atoms with Crippen molar-refractivity contribution < 1.29 is 9.59 Å². The maximum absolute atomic E-state index is 10.4. The maximum atomic E-state index is 10.4. The van der Waals surface area contributed by atoms with Crippen molar-refractivity contribution in [3.8, 4) is 0 Å². The van der Waals surface area contributed by atoms with E-state index in [9.17, 15) is 9.59 Å². The quantitative estimate of drug-likeness (QED) is 0.548. The molecule has 0 aromatic rings. The average Bonchev–Trinajstić information content (AvgIpc) is 2.21. The lowest BCUT2D eigenvalue weighted by Gasteiger charge is -2.08. The van der Waals surface area contributed by atoms with Crippen molar-refractivity contribution in [1.82, 2.24) is 10.6 Å². The third-order valence-electron chi connectivity index (χ3n) is 2.29. The molecular formula is C10H18N2O2. The summed E-state index contributed by atoms with van der Waals surface area (Å²) >= 11 is 0. The molecule has 1 amide bonds. The second-order valence-electron chi connectivity index (χ2n) is 3.63. The first-order valence-corrected chi connectivity index (χ1v) is 5.28. The average molecular weight is 198 g/mol. The number of ketones is 1.